The zero-order chi connectivity index (χ0) is 8.12. The number of ether oxygens (including phenoxy) is 1. The molecule has 0 spiro atoms. The van der Waals surface area contributed by atoms with Gasteiger partial charge in [0.2, 0.25) is 0 Å². The van der Waals surface area contributed by atoms with Gasteiger partial charge in [-0.05, 0) is 0 Å². The number of hydrogen-bond donors (Lipinski definition) is 1. The molecule has 0 aromatic carbocycles. The van der Waals surface area contributed by atoms with E-state index in [1.54, 1.807) is 7.11 Å². The molecule has 0 radical (unpaired) electrons. The first kappa shape index (κ1) is 22.4. The van der Waals surface area contributed by atoms with Crippen molar-refractivity contribution in [3.8, 4) is 0 Å². The van der Waals surface area contributed by atoms with Crippen LogP contribution in [0, 0.1) is 0 Å². The van der Waals surface area contributed by atoms with Gasteiger partial charge in [0, 0.05) is 7.11 Å². The van der Waals surface area contributed by atoms with Crippen molar-refractivity contribution in [3.05, 3.63) is 0 Å². The van der Waals surface area contributed by atoms with Crippen LogP contribution in [0.2, 0.25) is 0 Å². The van der Waals surface area contributed by atoms with Crippen molar-refractivity contribution >= 4 is 23.1 Å². The van der Waals surface area contributed by atoms with Crippen molar-refractivity contribution in [1.29, 1.82) is 0 Å². The van der Waals surface area contributed by atoms with Crippen LogP contribution in [-0.2, 0) is 4.74 Å². The molecule has 0 bridgehead atoms. The SMILES string of the molecule is COCCO.C[O-].C[O-].[Mg+2]. The predicted molar refractivity (Wildman–Crippen MR) is 36.6 cm³/mol. The molecular formula is C5H14MgO4. The second kappa shape index (κ2) is 54.7. The van der Waals surface area contributed by atoms with E-state index in [-0.39, 0.29) is 29.7 Å². The second-order valence-electron chi connectivity index (χ2n) is 0.716. The van der Waals surface area contributed by atoms with Gasteiger partial charge < -0.3 is 20.1 Å². The van der Waals surface area contributed by atoms with E-state index in [0.717, 1.165) is 14.2 Å². The van der Waals surface area contributed by atoms with Crippen molar-refractivity contribution in [1.82, 2.24) is 0 Å². The Hall–Kier alpha value is 0.606. The quantitative estimate of drug-likeness (QED) is 0.445. The first-order chi connectivity index (χ1) is 4.41. The number of hydrogen-bond acceptors (Lipinski definition) is 4. The van der Waals surface area contributed by atoms with Crippen molar-refractivity contribution in [3.63, 3.8) is 0 Å². The van der Waals surface area contributed by atoms with Gasteiger partial charge in [0.25, 0.3) is 0 Å². The molecule has 1 N–H and O–H groups in total. The van der Waals surface area contributed by atoms with Crippen molar-refractivity contribution in [2.75, 3.05) is 34.5 Å². The summed E-state index contributed by atoms with van der Waals surface area (Å²) in [5.41, 5.74) is 0. The van der Waals surface area contributed by atoms with Gasteiger partial charge in [-0.3, -0.25) is 0 Å². The van der Waals surface area contributed by atoms with Crippen LogP contribution in [0.5, 0.6) is 0 Å². The average molecular weight is 162 g/mol. The number of methoxy groups -OCH3 is 1. The third-order valence-electron chi connectivity index (χ3n) is 0.295. The minimum absolute atomic E-state index is 0. The third-order valence-corrected chi connectivity index (χ3v) is 0.295. The van der Waals surface area contributed by atoms with Gasteiger partial charge in [-0.2, -0.15) is 14.2 Å². The summed E-state index contributed by atoms with van der Waals surface area (Å²) in [6.07, 6.45) is 0. The molecule has 0 aliphatic heterocycles. The molecular weight excluding hydrogens is 148 g/mol. The van der Waals surface area contributed by atoms with E-state index >= 15 is 0 Å². The van der Waals surface area contributed by atoms with E-state index in [1.165, 1.54) is 0 Å². The molecule has 0 heterocycles. The fourth-order valence-electron chi connectivity index (χ4n) is 0.0913. The van der Waals surface area contributed by atoms with Gasteiger partial charge in [0.05, 0.1) is 13.2 Å². The molecule has 0 amide bonds. The van der Waals surface area contributed by atoms with Gasteiger partial charge in [0.1, 0.15) is 0 Å². The molecule has 5 heteroatoms. The van der Waals surface area contributed by atoms with Crippen LogP contribution in [-0.4, -0.2) is 62.7 Å². The largest absolute Gasteiger partial charge is 2.00 e. The topological polar surface area (TPSA) is 75.6 Å². The minimum atomic E-state index is 0. The number of rotatable bonds is 2. The Morgan fingerprint density at radius 2 is 1.50 bits per heavy atom. The average Bonchev–Trinajstić information content (AvgIpc) is 1.98. The monoisotopic (exact) mass is 162 g/mol. The molecule has 0 fully saturated rings. The normalized spacial score (nSPS) is 5.40. The van der Waals surface area contributed by atoms with Crippen LogP contribution in [0.25, 0.3) is 0 Å². The van der Waals surface area contributed by atoms with Crippen LogP contribution >= 0.6 is 0 Å². The fraction of sp³-hybridized carbons (Fsp3) is 1.00. The molecule has 0 aliphatic rings. The Morgan fingerprint density at radius 3 is 1.50 bits per heavy atom. The Bertz CT molecular complexity index is 21.1. The molecule has 0 rings (SSSR count). The maximum atomic E-state index is 8.25. The first-order valence-electron chi connectivity index (χ1n) is 2.33. The zero-order valence-electron chi connectivity index (χ0n) is 6.79. The second-order valence-corrected chi connectivity index (χ2v) is 0.716. The third kappa shape index (κ3) is 73.3. The standard InChI is InChI=1S/C3H8O2.2CH3O.Mg/c1-5-3-2-4;2*1-2;/h4H,2-3H2,1H3;2*1H3;/q;2*-1;+2. The van der Waals surface area contributed by atoms with Crippen LogP contribution < -0.4 is 10.2 Å². The molecule has 10 heavy (non-hydrogen) atoms. The van der Waals surface area contributed by atoms with Gasteiger partial charge >= 0.3 is 23.1 Å². The number of aliphatic hydroxyl groups excluding tert-OH is 1. The maximum absolute atomic E-state index is 8.25. The molecule has 4 nitrogen and oxygen atoms in total. The summed E-state index contributed by atoms with van der Waals surface area (Å²) < 4.78 is 4.44. The van der Waals surface area contributed by atoms with Crippen molar-refractivity contribution in [2.45, 2.75) is 0 Å². The van der Waals surface area contributed by atoms with Gasteiger partial charge in [-0.1, -0.05) is 0 Å². The summed E-state index contributed by atoms with van der Waals surface area (Å²) in [6.45, 7) is 0.566. The number of aliphatic hydroxyl groups is 1. The summed E-state index contributed by atoms with van der Waals surface area (Å²) in [6, 6.07) is 0. The summed E-state index contributed by atoms with van der Waals surface area (Å²) in [4.78, 5) is 0. The molecule has 0 saturated carbocycles. The molecule has 60 valence electrons. The maximum Gasteiger partial charge on any atom is 2.00 e. The van der Waals surface area contributed by atoms with E-state index in [4.69, 9.17) is 15.3 Å². The summed E-state index contributed by atoms with van der Waals surface area (Å²) in [5.74, 6) is 0. The van der Waals surface area contributed by atoms with E-state index in [0.29, 0.717) is 6.61 Å². The molecule has 0 aromatic heterocycles. The van der Waals surface area contributed by atoms with E-state index in [2.05, 4.69) is 4.74 Å². The Balaban J connectivity index is -0.0000000315. The van der Waals surface area contributed by atoms with Crippen LogP contribution in [0.1, 0.15) is 0 Å². The Labute approximate surface area is 78.0 Å². The molecule has 0 atom stereocenters. The molecule has 0 saturated heterocycles. The smallest absolute Gasteiger partial charge is 0.857 e. The Kier molecular flexibility index (Phi) is 123. The summed E-state index contributed by atoms with van der Waals surface area (Å²) in [7, 11) is 3.05. The molecule has 0 aromatic rings. The molecule has 0 aliphatic carbocycles. The van der Waals surface area contributed by atoms with Gasteiger partial charge in [-0.25, -0.2) is 0 Å². The molecule has 0 unspecified atom stereocenters. The van der Waals surface area contributed by atoms with Crippen molar-refractivity contribution < 1.29 is 20.1 Å². The van der Waals surface area contributed by atoms with E-state index < -0.39 is 0 Å². The fourth-order valence-corrected chi connectivity index (χ4v) is 0.0913. The van der Waals surface area contributed by atoms with Crippen molar-refractivity contribution in [2.24, 2.45) is 0 Å². The van der Waals surface area contributed by atoms with Crippen LogP contribution in [0.15, 0.2) is 0 Å². The zero-order valence-corrected chi connectivity index (χ0v) is 8.21. The minimum Gasteiger partial charge on any atom is -0.857 e. The van der Waals surface area contributed by atoms with E-state index in [9.17, 15) is 0 Å². The van der Waals surface area contributed by atoms with Gasteiger partial charge in [0.15, 0.2) is 0 Å². The first-order valence-corrected chi connectivity index (χ1v) is 2.33. The van der Waals surface area contributed by atoms with Gasteiger partial charge in [-0.15, -0.1) is 0 Å². The summed E-state index contributed by atoms with van der Waals surface area (Å²) >= 11 is 0. The predicted octanol–water partition coefficient (Wildman–Crippen LogP) is -2.80. The van der Waals surface area contributed by atoms with Crippen LogP contribution in [0.4, 0.5) is 0 Å². The Morgan fingerprint density at radius 1 is 1.20 bits per heavy atom. The van der Waals surface area contributed by atoms with E-state index in [1.807, 2.05) is 0 Å². The van der Waals surface area contributed by atoms with Crippen LogP contribution in [0.3, 0.4) is 0 Å². The summed E-state index contributed by atoms with van der Waals surface area (Å²) in [5, 5.41) is 24.4.